The molecule has 52 valence electrons. The van der Waals surface area contributed by atoms with E-state index in [4.69, 9.17) is 0 Å². The summed E-state index contributed by atoms with van der Waals surface area (Å²) in [6, 6.07) is 0. The fourth-order valence-corrected chi connectivity index (χ4v) is 0.729. The van der Waals surface area contributed by atoms with Crippen molar-refractivity contribution < 1.29 is 0 Å². The number of aryl methyl sites for hydroxylation is 1. The maximum absolute atomic E-state index is 3.92. The summed E-state index contributed by atoms with van der Waals surface area (Å²) in [6.07, 6.45) is 6.43. The average Bonchev–Trinajstić information content (AvgIpc) is 2.41. The lowest BCUT2D eigenvalue weighted by Gasteiger charge is -1.93. The molecular formula is C8H10N2. The highest BCUT2D eigenvalue weighted by atomic mass is 15.0. The van der Waals surface area contributed by atoms with Gasteiger partial charge in [0.05, 0.1) is 6.33 Å². The average molecular weight is 134 g/mol. The second-order valence-electron chi connectivity index (χ2n) is 1.98. The van der Waals surface area contributed by atoms with E-state index >= 15 is 0 Å². The third kappa shape index (κ3) is 1.94. The molecule has 0 unspecified atom stereocenters. The van der Waals surface area contributed by atoms with Crippen LogP contribution in [0.4, 0.5) is 0 Å². The van der Waals surface area contributed by atoms with E-state index in [2.05, 4.69) is 16.8 Å². The van der Waals surface area contributed by atoms with Crippen molar-refractivity contribution >= 4 is 0 Å². The van der Waals surface area contributed by atoms with Crippen molar-refractivity contribution in [2.75, 3.05) is 0 Å². The summed E-state index contributed by atoms with van der Waals surface area (Å²) in [5.74, 6) is 5.83. The highest BCUT2D eigenvalue weighted by molar-refractivity contribution is 4.94. The fourth-order valence-electron chi connectivity index (χ4n) is 0.729. The third-order valence-corrected chi connectivity index (χ3v) is 1.23. The molecule has 0 saturated heterocycles. The molecule has 0 aliphatic carbocycles. The van der Waals surface area contributed by atoms with E-state index < -0.39 is 0 Å². The molecule has 0 amide bonds. The van der Waals surface area contributed by atoms with Gasteiger partial charge in [-0.3, -0.25) is 0 Å². The van der Waals surface area contributed by atoms with Gasteiger partial charge in [0.2, 0.25) is 0 Å². The van der Waals surface area contributed by atoms with Crippen LogP contribution in [0.3, 0.4) is 0 Å². The molecule has 2 nitrogen and oxygen atoms in total. The smallest absolute Gasteiger partial charge is 0.0946 e. The highest BCUT2D eigenvalue weighted by Gasteiger charge is 1.84. The van der Waals surface area contributed by atoms with Crippen molar-refractivity contribution in [2.45, 2.75) is 19.9 Å². The minimum absolute atomic E-state index is 0.910. The first-order valence-corrected chi connectivity index (χ1v) is 3.29. The fraction of sp³-hybridized carbons (Fsp3) is 0.375. The number of hydrogen-bond acceptors (Lipinski definition) is 1. The minimum Gasteiger partial charge on any atom is -0.337 e. The van der Waals surface area contributed by atoms with Crippen molar-refractivity contribution in [3.05, 3.63) is 18.7 Å². The van der Waals surface area contributed by atoms with Crippen molar-refractivity contribution in [2.24, 2.45) is 0 Å². The van der Waals surface area contributed by atoms with Gasteiger partial charge in [-0.15, -0.1) is 11.8 Å². The standard InChI is InChI=1S/C8H10N2/c1-2-3-4-6-10-7-5-9-8-10/h5,7-8H,4,6H2,1H3. The first kappa shape index (κ1) is 6.88. The predicted molar refractivity (Wildman–Crippen MR) is 40.3 cm³/mol. The number of rotatable bonds is 2. The SMILES string of the molecule is CC#CCCn1ccnc1. The molecule has 2 heteroatoms. The van der Waals surface area contributed by atoms with Gasteiger partial charge in [-0.1, -0.05) is 0 Å². The molecule has 0 aromatic carbocycles. The van der Waals surface area contributed by atoms with Crippen LogP contribution in [0.2, 0.25) is 0 Å². The van der Waals surface area contributed by atoms with Crippen LogP contribution in [0.1, 0.15) is 13.3 Å². The zero-order valence-electron chi connectivity index (χ0n) is 6.04. The van der Waals surface area contributed by atoms with Crippen LogP contribution in [0, 0.1) is 11.8 Å². The Hall–Kier alpha value is -1.23. The molecule has 0 saturated carbocycles. The van der Waals surface area contributed by atoms with Crippen LogP contribution < -0.4 is 0 Å². The summed E-state index contributed by atoms with van der Waals surface area (Å²) in [5.41, 5.74) is 0. The second-order valence-corrected chi connectivity index (χ2v) is 1.98. The van der Waals surface area contributed by atoms with E-state index in [-0.39, 0.29) is 0 Å². The number of aromatic nitrogens is 2. The maximum atomic E-state index is 3.92. The van der Waals surface area contributed by atoms with Crippen molar-refractivity contribution in [3.63, 3.8) is 0 Å². The first-order valence-electron chi connectivity index (χ1n) is 3.29. The Morgan fingerprint density at radius 2 is 2.50 bits per heavy atom. The van der Waals surface area contributed by atoms with Gasteiger partial charge in [0.15, 0.2) is 0 Å². The second kappa shape index (κ2) is 3.73. The van der Waals surface area contributed by atoms with Gasteiger partial charge in [0.1, 0.15) is 0 Å². The molecule has 0 aliphatic heterocycles. The topological polar surface area (TPSA) is 17.8 Å². The van der Waals surface area contributed by atoms with Crippen LogP contribution in [0.25, 0.3) is 0 Å². The number of hydrogen-bond donors (Lipinski definition) is 0. The highest BCUT2D eigenvalue weighted by Crippen LogP contribution is 1.87. The Morgan fingerprint density at radius 3 is 3.10 bits per heavy atom. The lowest BCUT2D eigenvalue weighted by molar-refractivity contribution is 0.718. The van der Waals surface area contributed by atoms with Crippen LogP contribution in [0.5, 0.6) is 0 Å². The molecule has 0 fully saturated rings. The summed E-state index contributed by atoms with van der Waals surface area (Å²) in [5, 5.41) is 0. The Balaban J connectivity index is 2.32. The van der Waals surface area contributed by atoms with Gasteiger partial charge in [0, 0.05) is 25.4 Å². The minimum atomic E-state index is 0.910. The maximum Gasteiger partial charge on any atom is 0.0946 e. The van der Waals surface area contributed by atoms with Gasteiger partial charge < -0.3 is 4.57 Å². The van der Waals surface area contributed by atoms with E-state index in [1.54, 1.807) is 12.5 Å². The van der Waals surface area contributed by atoms with E-state index in [0.717, 1.165) is 13.0 Å². The van der Waals surface area contributed by atoms with E-state index in [1.807, 2.05) is 17.7 Å². The molecule has 1 aromatic rings. The monoisotopic (exact) mass is 134 g/mol. The Labute approximate surface area is 60.9 Å². The molecule has 10 heavy (non-hydrogen) atoms. The van der Waals surface area contributed by atoms with Crippen molar-refractivity contribution in [1.29, 1.82) is 0 Å². The van der Waals surface area contributed by atoms with E-state index in [9.17, 15) is 0 Å². The molecule has 0 N–H and O–H groups in total. The Kier molecular flexibility index (Phi) is 2.57. The molecule has 1 rings (SSSR count). The molecule has 0 atom stereocenters. The molecule has 0 spiro atoms. The van der Waals surface area contributed by atoms with E-state index in [1.165, 1.54) is 0 Å². The molecule has 1 heterocycles. The molecule has 1 aromatic heterocycles. The van der Waals surface area contributed by atoms with Crippen molar-refractivity contribution in [1.82, 2.24) is 9.55 Å². The third-order valence-electron chi connectivity index (χ3n) is 1.23. The summed E-state index contributed by atoms with van der Waals surface area (Å²) in [4.78, 5) is 3.92. The summed E-state index contributed by atoms with van der Waals surface area (Å²) < 4.78 is 2.02. The van der Waals surface area contributed by atoms with Gasteiger partial charge >= 0.3 is 0 Å². The van der Waals surface area contributed by atoms with Gasteiger partial charge in [-0.2, -0.15) is 0 Å². The van der Waals surface area contributed by atoms with Crippen LogP contribution in [-0.2, 0) is 6.54 Å². The lowest BCUT2D eigenvalue weighted by atomic mass is 10.4. The van der Waals surface area contributed by atoms with E-state index in [0.29, 0.717) is 0 Å². The van der Waals surface area contributed by atoms with Gasteiger partial charge in [-0.05, 0) is 6.92 Å². The van der Waals surface area contributed by atoms with Crippen molar-refractivity contribution in [3.8, 4) is 11.8 Å². The molecular weight excluding hydrogens is 124 g/mol. The van der Waals surface area contributed by atoms with Crippen LogP contribution in [0.15, 0.2) is 18.7 Å². The van der Waals surface area contributed by atoms with Crippen LogP contribution >= 0.6 is 0 Å². The normalized spacial score (nSPS) is 8.50. The quantitative estimate of drug-likeness (QED) is 0.557. The largest absolute Gasteiger partial charge is 0.337 e. The summed E-state index contributed by atoms with van der Waals surface area (Å²) in [7, 11) is 0. The molecule has 0 bridgehead atoms. The van der Waals surface area contributed by atoms with Gasteiger partial charge in [0.25, 0.3) is 0 Å². The zero-order valence-corrected chi connectivity index (χ0v) is 6.04. The first-order chi connectivity index (χ1) is 4.93. The Morgan fingerprint density at radius 1 is 1.60 bits per heavy atom. The lowest BCUT2D eigenvalue weighted by Crippen LogP contribution is -1.91. The van der Waals surface area contributed by atoms with Gasteiger partial charge in [-0.25, -0.2) is 4.98 Å². The van der Waals surface area contributed by atoms with Crippen LogP contribution in [-0.4, -0.2) is 9.55 Å². The summed E-state index contributed by atoms with van der Waals surface area (Å²) in [6.45, 7) is 2.80. The predicted octanol–water partition coefficient (Wildman–Crippen LogP) is 1.30. The number of imidazole rings is 1. The molecule has 0 radical (unpaired) electrons. The summed E-state index contributed by atoms with van der Waals surface area (Å²) >= 11 is 0. The Bertz CT molecular complexity index is 226. The molecule has 0 aliphatic rings. The number of nitrogens with zero attached hydrogens (tertiary/aromatic N) is 2. The zero-order chi connectivity index (χ0) is 7.23.